The zero-order chi connectivity index (χ0) is 12.3. The molecule has 0 aliphatic heterocycles. The second kappa shape index (κ2) is 5.25. The van der Waals surface area contributed by atoms with Crippen molar-refractivity contribution >= 4 is 11.8 Å². The van der Waals surface area contributed by atoms with Gasteiger partial charge in [0.1, 0.15) is 5.03 Å². The molecule has 4 nitrogen and oxygen atoms in total. The Balaban J connectivity index is 2.23. The summed E-state index contributed by atoms with van der Waals surface area (Å²) in [4.78, 5) is 12.9. The minimum atomic E-state index is 0.520. The maximum absolute atomic E-state index is 5.63. The maximum atomic E-state index is 5.63. The Labute approximate surface area is 105 Å². The van der Waals surface area contributed by atoms with Gasteiger partial charge in [0, 0.05) is 24.6 Å². The first-order valence-corrected chi connectivity index (χ1v) is 6.13. The summed E-state index contributed by atoms with van der Waals surface area (Å²) in [5.74, 6) is 0. The lowest BCUT2D eigenvalue weighted by Crippen LogP contribution is -1.99. The van der Waals surface area contributed by atoms with Crippen LogP contribution in [0.4, 0.5) is 0 Å². The topological polar surface area (TPSA) is 64.7 Å². The van der Waals surface area contributed by atoms with Crippen LogP contribution in [0.2, 0.25) is 0 Å². The third kappa shape index (κ3) is 3.25. The Morgan fingerprint density at radius 2 is 1.88 bits per heavy atom. The van der Waals surface area contributed by atoms with Gasteiger partial charge in [-0.25, -0.2) is 15.0 Å². The lowest BCUT2D eigenvalue weighted by Gasteiger charge is -2.04. The SMILES string of the molecule is Cc1cnc(Sc2cc(CN)cc(C)n2)nc1. The van der Waals surface area contributed by atoms with Crippen molar-refractivity contribution in [2.75, 3.05) is 0 Å². The molecule has 17 heavy (non-hydrogen) atoms. The highest BCUT2D eigenvalue weighted by atomic mass is 32.2. The van der Waals surface area contributed by atoms with Crippen LogP contribution in [0.15, 0.2) is 34.7 Å². The van der Waals surface area contributed by atoms with E-state index in [2.05, 4.69) is 15.0 Å². The Bertz CT molecular complexity index is 510. The Kier molecular flexibility index (Phi) is 3.71. The highest BCUT2D eigenvalue weighted by Gasteiger charge is 2.04. The van der Waals surface area contributed by atoms with Gasteiger partial charge in [0.15, 0.2) is 5.16 Å². The van der Waals surface area contributed by atoms with Crippen molar-refractivity contribution in [1.29, 1.82) is 0 Å². The number of hydrogen-bond acceptors (Lipinski definition) is 5. The highest BCUT2D eigenvalue weighted by Crippen LogP contribution is 2.23. The van der Waals surface area contributed by atoms with Crippen molar-refractivity contribution in [1.82, 2.24) is 15.0 Å². The van der Waals surface area contributed by atoms with Crippen LogP contribution in [-0.2, 0) is 6.54 Å². The molecular weight excluding hydrogens is 232 g/mol. The number of nitrogens with two attached hydrogens (primary N) is 1. The van der Waals surface area contributed by atoms with Crippen LogP contribution >= 0.6 is 11.8 Å². The van der Waals surface area contributed by atoms with Crippen molar-refractivity contribution in [2.45, 2.75) is 30.6 Å². The molecule has 0 aliphatic rings. The van der Waals surface area contributed by atoms with Crippen LogP contribution in [0.3, 0.4) is 0 Å². The molecule has 2 N–H and O–H groups in total. The molecule has 0 unspecified atom stereocenters. The van der Waals surface area contributed by atoms with E-state index in [1.165, 1.54) is 11.8 Å². The van der Waals surface area contributed by atoms with E-state index in [4.69, 9.17) is 5.73 Å². The molecule has 0 saturated heterocycles. The quantitative estimate of drug-likeness (QED) is 0.840. The summed E-state index contributed by atoms with van der Waals surface area (Å²) in [5.41, 5.74) is 8.72. The zero-order valence-corrected chi connectivity index (χ0v) is 10.7. The van der Waals surface area contributed by atoms with Crippen molar-refractivity contribution in [2.24, 2.45) is 5.73 Å². The van der Waals surface area contributed by atoms with Gasteiger partial charge in [-0.2, -0.15) is 0 Å². The number of hydrogen-bond donors (Lipinski definition) is 1. The molecule has 0 spiro atoms. The summed E-state index contributed by atoms with van der Waals surface area (Å²) in [6.07, 6.45) is 3.60. The molecule has 0 amide bonds. The van der Waals surface area contributed by atoms with Crippen LogP contribution < -0.4 is 5.73 Å². The van der Waals surface area contributed by atoms with Crippen LogP contribution in [0, 0.1) is 13.8 Å². The van der Waals surface area contributed by atoms with E-state index < -0.39 is 0 Å². The van der Waals surface area contributed by atoms with Crippen LogP contribution in [-0.4, -0.2) is 15.0 Å². The van der Waals surface area contributed by atoms with Gasteiger partial charge in [0.2, 0.25) is 0 Å². The van der Waals surface area contributed by atoms with Gasteiger partial charge in [0.25, 0.3) is 0 Å². The smallest absolute Gasteiger partial charge is 0.193 e. The van der Waals surface area contributed by atoms with E-state index in [9.17, 15) is 0 Å². The largest absolute Gasteiger partial charge is 0.326 e. The minimum Gasteiger partial charge on any atom is -0.326 e. The van der Waals surface area contributed by atoms with Crippen molar-refractivity contribution in [3.8, 4) is 0 Å². The summed E-state index contributed by atoms with van der Waals surface area (Å²) in [6, 6.07) is 3.96. The third-order valence-corrected chi connectivity index (χ3v) is 2.99. The van der Waals surface area contributed by atoms with E-state index in [0.717, 1.165) is 21.8 Å². The molecule has 2 aromatic rings. The molecule has 0 aliphatic carbocycles. The lowest BCUT2D eigenvalue weighted by atomic mass is 10.2. The average molecular weight is 246 g/mol. The van der Waals surface area contributed by atoms with Gasteiger partial charge in [-0.05, 0) is 48.9 Å². The molecular formula is C12H14N4S. The second-order valence-electron chi connectivity index (χ2n) is 3.80. The summed E-state index contributed by atoms with van der Waals surface area (Å²) in [6.45, 7) is 4.44. The van der Waals surface area contributed by atoms with E-state index in [-0.39, 0.29) is 0 Å². The Morgan fingerprint density at radius 3 is 2.53 bits per heavy atom. The summed E-state index contributed by atoms with van der Waals surface area (Å²) in [5, 5.41) is 1.59. The summed E-state index contributed by atoms with van der Waals surface area (Å²) >= 11 is 1.45. The zero-order valence-electron chi connectivity index (χ0n) is 9.84. The lowest BCUT2D eigenvalue weighted by molar-refractivity contribution is 0.935. The molecule has 0 radical (unpaired) electrons. The fraction of sp³-hybridized carbons (Fsp3) is 0.250. The Hall–Kier alpha value is -1.46. The predicted octanol–water partition coefficient (Wildman–Crippen LogP) is 2.10. The molecule has 2 heterocycles. The van der Waals surface area contributed by atoms with E-state index in [1.807, 2.05) is 26.0 Å². The van der Waals surface area contributed by atoms with Crippen LogP contribution in [0.25, 0.3) is 0 Å². The van der Waals surface area contributed by atoms with Gasteiger partial charge in [-0.3, -0.25) is 0 Å². The first-order valence-electron chi connectivity index (χ1n) is 5.31. The average Bonchev–Trinajstić information content (AvgIpc) is 2.31. The predicted molar refractivity (Wildman–Crippen MR) is 67.8 cm³/mol. The molecule has 2 aromatic heterocycles. The number of aromatic nitrogens is 3. The minimum absolute atomic E-state index is 0.520. The van der Waals surface area contributed by atoms with Gasteiger partial charge in [-0.1, -0.05) is 0 Å². The number of pyridine rings is 1. The van der Waals surface area contributed by atoms with Crippen molar-refractivity contribution in [3.05, 3.63) is 41.3 Å². The number of nitrogens with zero attached hydrogens (tertiary/aromatic N) is 3. The second-order valence-corrected chi connectivity index (χ2v) is 4.79. The van der Waals surface area contributed by atoms with Gasteiger partial charge >= 0.3 is 0 Å². The third-order valence-electron chi connectivity index (χ3n) is 2.18. The van der Waals surface area contributed by atoms with Gasteiger partial charge < -0.3 is 5.73 Å². The molecule has 0 bridgehead atoms. The molecule has 0 fully saturated rings. The monoisotopic (exact) mass is 246 g/mol. The summed E-state index contributed by atoms with van der Waals surface area (Å²) < 4.78 is 0. The first kappa shape index (κ1) is 12.0. The van der Waals surface area contributed by atoms with Crippen molar-refractivity contribution < 1.29 is 0 Å². The Morgan fingerprint density at radius 1 is 1.18 bits per heavy atom. The molecule has 0 atom stereocenters. The molecule has 0 saturated carbocycles. The van der Waals surface area contributed by atoms with Crippen LogP contribution in [0.5, 0.6) is 0 Å². The standard InChI is InChI=1S/C12H14N4S/c1-8-6-14-12(15-7-8)17-11-4-10(5-13)3-9(2)16-11/h3-4,6-7H,5,13H2,1-2H3. The van der Waals surface area contributed by atoms with Gasteiger partial charge in [-0.15, -0.1) is 0 Å². The number of aryl methyl sites for hydroxylation is 2. The normalized spacial score (nSPS) is 10.5. The molecule has 88 valence electrons. The fourth-order valence-corrected chi connectivity index (χ4v) is 2.20. The van der Waals surface area contributed by atoms with Gasteiger partial charge in [0.05, 0.1) is 0 Å². The van der Waals surface area contributed by atoms with Crippen molar-refractivity contribution in [3.63, 3.8) is 0 Å². The van der Waals surface area contributed by atoms with E-state index in [1.54, 1.807) is 12.4 Å². The fourth-order valence-electron chi connectivity index (χ4n) is 1.40. The number of rotatable bonds is 3. The first-order chi connectivity index (χ1) is 8.17. The van der Waals surface area contributed by atoms with Crippen LogP contribution in [0.1, 0.15) is 16.8 Å². The maximum Gasteiger partial charge on any atom is 0.193 e. The molecule has 2 rings (SSSR count). The molecule has 0 aromatic carbocycles. The van der Waals surface area contributed by atoms with E-state index in [0.29, 0.717) is 11.7 Å². The summed E-state index contributed by atoms with van der Waals surface area (Å²) in [7, 11) is 0. The highest BCUT2D eigenvalue weighted by molar-refractivity contribution is 7.99. The molecule has 5 heteroatoms. The van der Waals surface area contributed by atoms with E-state index >= 15 is 0 Å².